The van der Waals surface area contributed by atoms with Crippen LogP contribution in [0.1, 0.15) is 0 Å². The Kier molecular flexibility index (Phi) is 2.12. The number of hydrogen-bond donors (Lipinski definition) is 1. The Bertz CT molecular complexity index is 561. The maximum Gasteiger partial charge on any atom is 0.230 e. The number of sulfonamides is 1. The lowest BCUT2D eigenvalue weighted by molar-refractivity contribution is 0.606. The highest BCUT2D eigenvalue weighted by Gasteiger charge is 2.08. The highest BCUT2D eigenvalue weighted by atomic mass is 32.2. The number of thiophene rings is 1. The molecule has 0 atom stereocenters. The van der Waals surface area contributed by atoms with Crippen molar-refractivity contribution in [3.8, 4) is 0 Å². The van der Waals surface area contributed by atoms with E-state index in [1.165, 1.54) is 17.7 Å². The first-order valence-corrected chi connectivity index (χ1v) is 6.49. The van der Waals surface area contributed by atoms with Crippen molar-refractivity contribution in [3.63, 3.8) is 0 Å². The molecule has 5 nitrogen and oxygen atoms in total. The van der Waals surface area contributed by atoms with Gasteiger partial charge in [0, 0.05) is 0 Å². The molecule has 7 heteroatoms. The topological polar surface area (TPSA) is 72.0 Å². The Morgan fingerprint density at radius 2 is 2.21 bits per heavy atom. The second kappa shape index (κ2) is 3.18. The van der Waals surface area contributed by atoms with Gasteiger partial charge >= 0.3 is 0 Å². The molecule has 0 spiro atoms. The van der Waals surface area contributed by atoms with Gasteiger partial charge in [-0.15, -0.1) is 11.3 Å². The Balaban J connectivity index is 2.57. The van der Waals surface area contributed by atoms with Crippen LogP contribution in [-0.4, -0.2) is 24.6 Å². The maximum atomic E-state index is 11.0. The average Bonchev–Trinajstić information content (AvgIpc) is 2.49. The molecule has 0 aliphatic rings. The molecule has 2 rings (SSSR count). The maximum absolute atomic E-state index is 11.0. The predicted molar refractivity (Wildman–Crippen MR) is 55.9 cm³/mol. The quantitative estimate of drug-likeness (QED) is 0.835. The number of anilines is 1. The summed E-state index contributed by atoms with van der Waals surface area (Å²) in [4.78, 5) is 8.64. The third kappa shape index (κ3) is 1.83. The highest BCUT2D eigenvalue weighted by molar-refractivity contribution is 7.92. The van der Waals surface area contributed by atoms with Crippen LogP contribution in [0.2, 0.25) is 0 Å². The summed E-state index contributed by atoms with van der Waals surface area (Å²) in [5.41, 5.74) is 0. The van der Waals surface area contributed by atoms with E-state index in [-0.39, 0.29) is 0 Å². The predicted octanol–water partition coefficient (Wildman–Crippen LogP) is 1.06. The second-order valence-electron chi connectivity index (χ2n) is 2.74. The zero-order valence-electron chi connectivity index (χ0n) is 7.26. The van der Waals surface area contributed by atoms with E-state index in [2.05, 4.69) is 14.7 Å². The van der Waals surface area contributed by atoms with Crippen molar-refractivity contribution >= 4 is 37.4 Å². The van der Waals surface area contributed by atoms with Gasteiger partial charge in [0.25, 0.3) is 0 Å². The smallest absolute Gasteiger partial charge is 0.230 e. The van der Waals surface area contributed by atoms with Crippen LogP contribution >= 0.6 is 11.3 Å². The fraction of sp³-hybridized carbons (Fsp3) is 0.143. The Hall–Kier alpha value is -1.21. The number of hydrogen-bond acceptors (Lipinski definition) is 5. The zero-order valence-corrected chi connectivity index (χ0v) is 8.89. The lowest BCUT2D eigenvalue weighted by Crippen LogP contribution is -2.10. The standard InChI is InChI=1S/C7H7N3O2S2/c1-14(11,12)10-6-5-2-3-13-7(5)9-4-8-6/h2-4H,1H3,(H,8,9,10). The van der Waals surface area contributed by atoms with Gasteiger partial charge < -0.3 is 0 Å². The van der Waals surface area contributed by atoms with Crippen molar-refractivity contribution in [2.45, 2.75) is 0 Å². The minimum atomic E-state index is -3.28. The van der Waals surface area contributed by atoms with Crippen molar-refractivity contribution in [3.05, 3.63) is 17.8 Å². The van der Waals surface area contributed by atoms with Crippen LogP contribution in [0.15, 0.2) is 17.8 Å². The average molecular weight is 229 g/mol. The molecule has 0 fully saturated rings. The normalized spacial score (nSPS) is 11.8. The summed E-state index contributed by atoms with van der Waals surface area (Å²) in [7, 11) is -3.28. The largest absolute Gasteiger partial charge is 0.267 e. The summed E-state index contributed by atoms with van der Waals surface area (Å²) in [6.07, 6.45) is 2.43. The Morgan fingerprint density at radius 1 is 1.43 bits per heavy atom. The van der Waals surface area contributed by atoms with Crippen molar-refractivity contribution in [1.29, 1.82) is 0 Å². The summed E-state index contributed by atoms with van der Waals surface area (Å²) < 4.78 is 24.3. The van der Waals surface area contributed by atoms with Crippen LogP contribution < -0.4 is 4.72 Å². The Morgan fingerprint density at radius 3 is 2.93 bits per heavy atom. The molecule has 2 heterocycles. The molecular weight excluding hydrogens is 222 g/mol. The fourth-order valence-electron chi connectivity index (χ4n) is 1.05. The molecular formula is C7H7N3O2S2. The minimum Gasteiger partial charge on any atom is -0.267 e. The Labute approximate surface area is 84.9 Å². The molecule has 0 amide bonds. The first-order chi connectivity index (χ1) is 6.56. The highest BCUT2D eigenvalue weighted by Crippen LogP contribution is 2.23. The summed E-state index contributed by atoms with van der Waals surface area (Å²) in [6.45, 7) is 0. The summed E-state index contributed by atoms with van der Waals surface area (Å²) in [5.74, 6) is 0.332. The molecule has 0 saturated carbocycles. The van der Waals surface area contributed by atoms with Gasteiger partial charge in [-0.2, -0.15) is 0 Å². The third-order valence-electron chi connectivity index (χ3n) is 1.54. The van der Waals surface area contributed by atoms with Gasteiger partial charge in [0.05, 0.1) is 11.6 Å². The molecule has 0 bridgehead atoms. The zero-order chi connectivity index (χ0) is 10.2. The van der Waals surface area contributed by atoms with Gasteiger partial charge in [-0.3, -0.25) is 4.72 Å². The molecule has 14 heavy (non-hydrogen) atoms. The number of rotatable bonds is 2. The SMILES string of the molecule is CS(=O)(=O)Nc1ncnc2sccc12. The number of aromatic nitrogens is 2. The molecule has 2 aromatic heterocycles. The molecule has 0 saturated heterocycles. The lowest BCUT2D eigenvalue weighted by atomic mass is 10.4. The van der Waals surface area contributed by atoms with Gasteiger partial charge in [0.2, 0.25) is 10.0 Å². The van der Waals surface area contributed by atoms with Crippen molar-refractivity contribution in [2.75, 3.05) is 11.0 Å². The van der Waals surface area contributed by atoms with E-state index in [1.807, 2.05) is 5.38 Å². The van der Waals surface area contributed by atoms with Crippen molar-refractivity contribution in [2.24, 2.45) is 0 Å². The van der Waals surface area contributed by atoms with Gasteiger partial charge in [-0.05, 0) is 11.4 Å². The second-order valence-corrected chi connectivity index (χ2v) is 5.38. The summed E-state index contributed by atoms with van der Waals surface area (Å²) in [5, 5.41) is 2.57. The fourth-order valence-corrected chi connectivity index (χ4v) is 2.29. The van der Waals surface area contributed by atoms with E-state index in [4.69, 9.17) is 0 Å². The first kappa shape index (κ1) is 9.35. The van der Waals surface area contributed by atoms with Crippen LogP contribution in [0.4, 0.5) is 5.82 Å². The first-order valence-electron chi connectivity index (χ1n) is 3.72. The molecule has 1 N–H and O–H groups in total. The van der Waals surface area contributed by atoms with Crippen LogP contribution in [0, 0.1) is 0 Å². The van der Waals surface area contributed by atoms with Crippen LogP contribution in [0.25, 0.3) is 10.2 Å². The van der Waals surface area contributed by atoms with E-state index in [0.717, 1.165) is 16.5 Å². The van der Waals surface area contributed by atoms with E-state index in [9.17, 15) is 8.42 Å². The summed E-state index contributed by atoms with van der Waals surface area (Å²) >= 11 is 1.44. The number of fused-ring (bicyclic) bond motifs is 1. The van der Waals surface area contributed by atoms with Crippen LogP contribution in [0.5, 0.6) is 0 Å². The molecule has 74 valence electrons. The van der Waals surface area contributed by atoms with Crippen LogP contribution in [0.3, 0.4) is 0 Å². The van der Waals surface area contributed by atoms with Crippen molar-refractivity contribution in [1.82, 2.24) is 9.97 Å². The molecule has 2 aromatic rings. The van der Waals surface area contributed by atoms with Gasteiger partial charge in [0.1, 0.15) is 11.2 Å². The van der Waals surface area contributed by atoms with Gasteiger partial charge in [-0.25, -0.2) is 18.4 Å². The molecule has 0 aliphatic heterocycles. The van der Waals surface area contributed by atoms with Crippen molar-refractivity contribution < 1.29 is 8.42 Å². The molecule has 0 radical (unpaired) electrons. The number of nitrogens with zero attached hydrogens (tertiary/aromatic N) is 2. The monoisotopic (exact) mass is 229 g/mol. The van der Waals surface area contributed by atoms with E-state index < -0.39 is 10.0 Å². The summed E-state index contributed by atoms with van der Waals surface area (Å²) in [6, 6.07) is 1.79. The lowest BCUT2D eigenvalue weighted by Gasteiger charge is -2.02. The van der Waals surface area contributed by atoms with Gasteiger partial charge in [0.15, 0.2) is 5.82 Å². The third-order valence-corrected chi connectivity index (χ3v) is 2.93. The molecule has 0 unspecified atom stereocenters. The van der Waals surface area contributed by atoms with E-state index >= 15 is 0 Å². The van der Waals surface area contributed by atoms with E-state index in [0.29, 0.717) is 5.82 Å². The van der Waals surface area contributed by atoms with Crippen LogP contribution in [-0.2, 0) is 10.0 Å². The van der Waals surface area contributed by atoms with E-state index in [1.54, 1.807) is 6.07 Å². The molecule has 0 aliphatic carbocycles. The molecule has 0 aromatic carbocycles. The number of nitrogens with one attached hydrogen (secondary N) is 1. The van der Waals surface area contributed by atoms with Gasteiger partial charge in [-0.1, -0.05) is 0 Å². The minimum absolute atomic E-state index is 0.332.